The summed E-state index contributed by atoms with van der Waals surface area (Å²) in [4.78, 5) is 24.3. The van der Waals surface area contributed by atoms with Crippen LogP contribution in [0.2, 0.25) is 0 Å². The molecule has 110 valence electrons. The van der Waals surface area contributed by atoms with Gasteiger partial charge in [-0.25, -0.2) is 4.79 Å². The van der Waals surface area contributed by atoms with Crippen LogP contribution in [-0.2, 0) is 14.3 Å². The van der Waals surface area contributed by atoms with Crippen LogP contribution in [0.4, 0.5) is 5.00 Å². The van der Waals surface area contributed by atoms with Gasteiger partial charge >= 0.3 is 5.97 Å². The fourth-order valence-corrected chi connectivity index (χ4v) is 3.11. The van der Waals surface area contributed by atoms with Crippen LogP contribution in [0.15, 0.2) is 6.07 Å². The molecular weight excluding hydrogens is 278 g/mol. The van der Waals surface area contributed by atoms with Crippen molar-refractivity contribution in [1.29, 1.82) is 0 Å². The zero-order valence-electron chi connectivity index (χ0n) is 11.9. The summed E-state index contributed by atoms with van der Waals surface area (Å²) in [7, 11) is 0. The van der Waals surface area contributed by atoms with E-state index in [1.165, 1.54) is 11.3 Å². The molecular formula is C14H19NO4S. The first kappa shape index (κ1) is 15.0. The Morgan fingerprint density at radius 3 is 2.85 bits per heavy atom. The summed E-state index contributed by atoms with van der Waals surface area (Å²) in [5.41, 5.74) is 0.810. The molecule has 0 aliphatic carbocycles. The summed E-state index contributed by atoms with van der Waals surface area (Å²) in [6.45, 7) is 5.89. The van der Waals surface area contributed by atoms with Crippen molar-refractivity contribution in [1.82, 2.24) is 0 Å². The highest BCUT2D eigenvalue weighted by molar-refractivity contribution is 7.18. The van der Waals surface area contributed by atoms with E-state index in [9.17, 15) is 9.59 Å². The minimum absolute atomic E-state index is 0.130. The summed E-state index contributed by atoms with van der Waals surface area (Å²) in [6, 6.07) is 1.78. The van der Waals surface area contributed by atoms with E-state index in [4.69, 9.17) is 9.47 Å². The number of rotatable bonds is 4. The summed E-state index contributed by atoms with van der Waals surface area (Å²) < 4.78 is 10.5. The molecule has 2 heterocycles. The Morgan fingerprint density at radius 2 is 2.25 bits per heavy atom. The van der Waals surface area contributed by atoms with Crippen molar-refractivity contribution >= 4 is 28.2 Å². The minimum Gasteiger partial charge on any atom is -0.462 e. The highest BCUT2D eigenvalue weighted by Crippen LogP contribution is 2.28. The summed E-state index contributed by atoms with van der Waals surface area (Å²) in [5.74, 6) is -0.493. The van der Waals surface area contributed by atoms with Crippen molar-refractivity contribution in [2.75, 3.05) is 11.9 Å². The quantitative estimate of drug-likeness (QED) is 0.868. The monoisotopic (exact) mass is 297 g/mol. The molecule has 1 aromatic rings. The van der Waals surface area contributed by atoms with E-state index in [0.717, 1.165) is 18.4 Å². The maximum atomic E-state index is 12.0. The summed E-state index contributed by atoms with van der Waals surface area (Å²) in [6.07, 6.45) is 1.38. The molecule has 1 aliphatic rings. The molecule has 20 heavy (non-hydrogen) atoms. The van der Waals surface area contributed by atoms with Crippen LogP contribution in [-0.4, -0.2) is 30.7 Å². The van der Waals surface area contributed by atoms with Crippen LogP contribution in [0, 0.1) is 6.92 Å². The number of carbonyl (C=O) groups is 2. The number of hydrogen-bond donors (Lipinski definition) is 1. The van der Waals surface area contributed by atoms with Crippen molar-refractivity contribution in [2.24, 2.45) is 0 Å². The normalized spacial score (nSPS) is 21.8. The Labute approximate surface area is 122 Å². The average Bonchev–Trinajstić information content (AvgIpc) is 2.96. The summed E-state index contributed by atoms with van der Waals surface area (Å²) >= 11 is 1.23. The van der Waals surface area contributed by atoms with Crippen molar-refractivity contribution in [3.05, 3.63) is 16.5 Å². The second kappa shape index (κ2) is 6.37. The number of esters is 1. The first-order chi connectivity index (χ1) is 9.51. The molecule has 2 rings (SSSR count). The Hall–Kier alpha value is -1.40. The Kier molecular flexibility index (Phi) is 4.77. The lowest BCUT2D eigenvalue weighted by molar-refractivity contribution is -0.126. The lowest BCUT2D eigenvalue weighted by Crippen LogP contribution is -2.27. The molecule has 2 atom stereocenters. The molecule has 0 radical (unpaired) electrons. The number of hydrogen-bond acceptors (Lipinski definition) is 5. The highest BCUT2D eigenvalue weighted by Gasteiger charge is 2.28. The molecule has 1 amide bonds. The molecule has 1 aromatic heterocycles. The van der Waals surface area contributed by atoms with Crippen LogP contribution >= 0.6 is 11.3 Å². The van der Waals surface area contributed by atoms with Crippen LogP contribution < -0.4 is 5.32 Å². The lowest BCUT2D eigenvalue weighted by atomic mass is 10.2. The molecule has 1 fully saturated rings. The second-order valence-corrected chi connectivity index (χ2v) is 5.90. The number of nitrogens with one attached hydrogen (secondary N) is 1. The molecule has 0 bridgehead atoms. The van der Waals surface area contributed by atoms with Crippen LogP contribution in [0.3, 0.4) is 0 Å². The third kappa shape index (κ3) is 3.37. The molecule has 5 nitrogen and oxygen atoms in total. The van der Waals surface area contributed by atoms with E-state index in [0.29, 0.717) is 16.5 Å². The highest BCUT2D eigenvalue weighted by atomic mass is 32.1. The van der Waals surface area contributed by atoms with Crippen molar-refractivity contribution in [3.8, 4) is 0 Å². The number of anilines is 1. The molecule has 1 aliphatic heterocycles. The fraction of sp³-hybridized carbons (Fsp3) is 0.571. The second-order valence-electron chi connectivity index (χ2n) is 4.85. The van der Waals surface area contributed by atoms with E-state index in [2.05, 4.69) is 5.32 Å². The Balaban J connectivity index is 2.01. The Morgan fingerprint density at radius 1 is 1.50 bits per heavy atom. The molecule has 0 saturated carbocycles. The van der Waals surface area contributed by atoms with Crippen LogP contribution in [0.5, 0.6) is 0 Å². The maximum absolute atomic E-state index is 12.0. The van der Waals surface area contributed by atoms with Crippen molar-refractivity contribution < 1.29 is 19.1 Å². The third-order valence-electron chi connectivity index (χ3n) is 3.15. The van der Waals surface area contributed by atoms with E-state index < -0.39 is 6.10 Å². The van der Waals surface area contributed by atoms with E-state index >= 15 is 0 Å². The zero-order valence-corrected chi connectivity index (χ0v) is 12.7. The van der Waals surface area contributed by atoms with E-state index in [1.807, 2.05) is 13.8 Å². The van der Waals surface area contributed by atoms with Gasteiger partial charge in [0.1, 0.15) is 11.0 Å². The van der Waals surface area contributed by atoms with Gasteiger partial charge < -0.3 is 14.8 Å². The molecule has 2 unspecified atom stereocenters. The first-order valence-electron chi connectivity index (χ1n) is 6.75. The predicted octanol–water partition coefficient (Wildman–Crippen LogP) is 2.74. The van der Waals surface area contributed by atoms with Gasteiger partial charge in [-0.2, -0.15) is 0 Å². The van der Waals surface area contributed by atoms with E-state index in [-0.39, 0.29) is 18.0 Å². The number of ether oxygens (including phenoxy) is 2. The fourth-order valence-electron chi connectivity index (χ4n) is 2.14. The van der Waals surface area contributed by atoms with Gasteiger partial charge in [-0.15, -0.1) is 11.3 Å². The van der Waals surface area contributed by atoms with Gasteiger partial charge in [0.2, 0.25) is 0 Å². The first-order valence-corrected chi connectivity index (χ1v) is 7.56. The van der Waals surface area contributed by atoms with E-state index in [1.54, 1.807) is 13.0 Å². The molecule has 1 saturated heterocycles. The molecule has 0 spiro atoms. The topological polar surface area (TPSA) is 64.6 Å². The van der Waals surface area contributed by atoms with Gasteiger partial charge in [0.05, 0.1) is 17.7 Å². The van der Waals surface area contributed by atoms with Gasteiger partial charge in [0.15, 0.2) is 0 Å². The standard InChI is InChI=1S/C14H19NO4S/c1-4-18-14(17)12-8(2)7-11(20-12)15-13(16)10-6-5-9(3)19-10/h7,9-10H,4-6H2,1-3H3,(H,15,16). The zero-order chi connectivity index (χ0) is 14.7. The molecule has 1 N–H and O–H groups in total. The van der Waals surface area contributed by atoms with Gasteiger partial charge in [-0.3, -0.25) is 4.79 Å². The van der Waals surface area contributed by atoms with Gasteiger partial charge in [-0.05, 0) is 45.2 Å². The number of aryl methyl sites for hydroxylation is 1. The number of amides is 1. The third-order valence-corrected chi connectivity index (χ3v) is 4.28. The predicted molar refractivity (Wildman–Crippen MR) is 77.2 cm³/mol. The van der Waals surface area contributed by atoms with Gasteiger partial charge in [0.25, 0.3) is 5.91 Å². The Bertz CT molecular complexity index is 511. The largest absolute Gasteiger partial charge is 0.462 e. The molecule has 0 aromatic carbocycles. The minimum atomic E-state index is -0.390. The summed E-state index contributed by atoms with van der Waals surface area (Å²) in [5, 5.41) is 3.46. The van der Waals surface area contributed by atoms with Crippen molar-refractivity contribution in [3.63, 3.8) is 0 Å². The van der Waals surface area contributed by atoms with Crippen molar-refractivity contribution in [2.45, 2.75) is 45.8 Å². The van der Waals surface area contributed by atoms with Crippen LogP contribution in [0.25, 0.3) is 0 Å². The van der Waals surface area contributed by atoms with Gasteiger partial charge in [0, 0.05) is 0 Å². The SMILES string of the molecule is CCOC(=O)c1sc(NC(=O)C2CCC(C)O2)cc1C. The smallest absolute Gasteiger partial charge is 0.348 e. The number of thiophene rings is 1. The average molecular weight is 297 g/mol. The number of carbonyl (C=O) groups excluding carboxylic acids is 2. The maximum Gasteiger partial charge on any atom is 0.348 e. The lowest BCUT2D eigenvalue weighted by Gasteiger charge is -2.10. The van der Waals surface area contributed by atoms with Crippen LogP contribution in [0.1, 0.15) is 41.9 Å². The molecule has 6 heteroatoms. The van der Waals surface area contributed by atoms with Gasteiger partial charge in [-0.1, -0.05) is 0 Å².